The van der Waals surface area contributed by atoms with Gasteiger partial charge in [-0.25, -0.2) is 4.18 Å². The number of benzene rings is 1. The summed E-state index contributed by atoms with van der Waals surface area (Å²) in [7, 11) is 2.11. The van der Waals surface area contributed by atoms with E-state index in [1.165, 1.54) is 12.1 Å². The Morgan fingerprint density at radius 1 is 1.30 bits per heavy atom. The van der Waals surface area contributed by atoms with Gasteiger partial charge in [-0.1, -0.05) is 31.2 Å². The summed E-state index contributed by atoms with van der Waals surface area (Å²) < 4.78 is 28.9. The van der Waals surface area contributed by atoms with E-state index in [1.807, 2.05) is 33.0 Å². The summed E-state index contributed by atoms with van der Waals surface area (Å²) in [6.45, 7) is 6.86. The number of aryl methyl sites for hydroxylation is 1. The van der Waals surface area contributed by atoms with Crippen LogP contribution in [0.5, 0.6) is 0 Å². The molecule has 0 aliphatic carbocycles. The Labute approximate surface area is 139 Å². The van der Waals surface area contributed by atoms with E-state index >= 15 is 0 Å². The molecular weight excluding hydrogens is 316 g/mol. The molecule has 6 nitrogen and oxygen atoms in total. The van der Waals surface area contributed by atoms with Crippen molar-refractivity contribution in [2.45, 2.75) is 31.4 Å². The molecule has 1 unspecified atom stereocenters. The molecule has 23 heavy (non-hydrogen) atoms. The number of amides is 1. The van der Waals surface area contributed by atoms with Gasteiger partial charge in [-0.3, -0.25) is 4.79 Å². The van der Waals surface area contributed by atoms with Gasteiger partial charge in [0.05, 0.1) is 4.90 Å². The van der Waals surface area contributed by atoms with Crippen molar-refractivity contribution in [3.05, 3.63) is 42.5 Å². The van der Waals surface area contributed by atoms with Crippen LogP contribution in [0.4, 0.5) is 0 Å². The average molecular weight is 342 g/mol. The van der Waals surface area contributed by atoms with Gasteiger partial charge in [-0.15, -0.1) is 0 Å². The Bertz CT molecular complexity index is 592. The molecule has 1 aromatic carbocycles. The lowest BCUT2D eigenvalue weighted by Crippen LogP contribution is -2.36. The Balaban J connectivity index is 0.00000108. The molecule has 0 radical (unpaired) electrons. The van der Waals surface area contributed by atoms with E-state index in [-0.39, 0.29) is 4.90 Å². The minimum absolute atomic E-state index is 0.0596. The fourth-order valence-corrected chi connectivity index (χ4v) is 2.40. The summed E-state index contributed by atoms with van der Waals surface area (Å²) in [5, 5.41) is 2.40. The van der Waals surface area contributed by atoms with Gasteiger partial charge in [0.25, 0.3) is 10.1 Å². The molecule has 0 aliphatic rings. The van der Waals surface area contributed by atoms with Crippen molar-refractivity contribution in [3.63, 3.8) is 0 Å². The van der Waals surface area contributed by atoms with Crippen molar-refractivity contribution in [2.24, 2.45) is 0 Å². The van der Waals surface area contributed by atoms with Gasteiger partial charge >= 0.3 is 0 Å². The van der Waals surface area contributed by atoms with Gasteiger partial charge in [-0.2, -0.15) is 8.42 Å². The summed E-state index contributed by atoms with van der Waals surface area (Å²) in [6, 6.07) is 6.29. The Morgan fingerprint density at radius 3 is 2.17 bits per heavy atom. The second-order valence-corrected chi connectivity index (χ2v) is 6.89. The van der Waals surface area contributed by atoms with Crippen LogP contribution in [0.2, 0.25) is 0 Å². The normalized spacial score (nSPS) is 12.1. The molecule has 0 bridgehead atoms. The molecule has 0 saturated heterocycles. The standard InChI is InChI=1S/C13H17NO4S.C3H9N/c1-4-12(15)14-13(5-2)18-19(16,17)11-8-6-10(3)7-9-11;1-4(2)3/h4,6-9,13H,1,5H2,2-3H3,(H,14,15);1-3H3. The van der Waals surface area contributed by atoms with Gasteiger partial charge in [0.1, 0.15) is 6.23 Å². The summed E-state index contributed by atoms with van der Waals surface area (Å²) in [5.74, 6) is -0.481. The third-order valence-corrected chi connectivity index (χ3v) is 3.75. The first-order chi connectivity index (χ1) is 10.6. The second-order valence-electron chi connectivity index (χ2n) is 5.31. The Kier molecular flexibility index (Phi) is 9.40. The molecular formula is C16H26N2O4S. The molecule has 0 fully saturated rings. The lowest BCUT2D eigenvalue weighted by atomic mass is 10.2. The fourth-order valence-electron chi connectivity index (χ4n) is 1.33. The van der Waals surface area contributed by atoms with Crippen LogP contribution in [-0.4, -0.2) is 46.6 Å². The first-order valence-corrected chi connectivity index (χ1v) is 8.57. The monoisotopic (exact) mass is 342 g/mol. The first-order valence-electron chi connectivity index (χ1n) is 7.16. The summed E-state index contributed by atoms with van der Waals surface area (Å²) in [5.41, 5.74) is 0.950. The maximum Gasteiger partial charge on any atom is 0.298 e. The van der Waals surface area contributed by atoms with Gasteiger partial charge in [0.2, 0.25) is 5.91 Å². The van der Waals surface area contributed by atoms with Crippen LogP contribution in [0, 0.1) is 6.92 Å². The van der Waals surface area contributed by atoms with Crippen molar-refractivity contribution in [3.8, 4) is 0 Å². The topological polar surface area (TPSA) is 75.7 Å². The molecule has 1 rings (SSSR count). The van der Waals surface area contributed by atoms with E-state index in [2.05, 4.69) is 11.9 Å². The highest BCUT2D eigenvalue weighted by atomic mass is 32.2. The van der Waals surface area contributed by atoms with Gasteiger partial charge in [0.15, 0.2) is 0 Å². The first kappa shape index (κ1) is 21.3. The molecule has 1 N–H and O–H groups in total. The zero-order valence-electron chi connectivity index (χ0n) is 14.4. The maximum absolute atomic E-state index is 12.0. The number of hydrogen-bond acceptors (Lipinski definition) is 5. The van der Waals surface area contributed by atoms with Crippen LogP contribution in [-0.2, 0) is 19.1 Å². The molecule has 130 valence electrons. The highest BCUT2D eigenvalue weighted by Crippen LogP contribution is 2.15. The predicted molar refractivity (Wildman–Crippen MR) is 91.5 cm³/mol. The van der Waals surface area contributed by atoms with Crippen molar-refractivity contribution in [2.75, 3.05) is 21.1 Å². The molecule has 1 aromatic rings. The van der Waals surface area contributed by atoms with Crippen molar-refractivity contribution in [1.29, 1.82) is 0 Å². The SMILES string of the molecule is C=CC(=O)NC(CC)OS(=O)(=O)c1ccc(C)cc1.CN(C)C. The number of nitrogens with zero attached hydrogens (tertiary/aromatic N) is 1. The number of carbonyl (C=O) groups excluding carboxylic acids is 1. The predicted octanol–water partition coefficient (Wildman–Crippen LogP) is 1.92. The van der Waals surface area contributed by atoms with E-state index in [9.17, 15) is 13.2 Å². The van der Waals surface area contributed by atoms with Crippen LogP contribution < -0.4 is 5.32 Å². The number of carbonyl (C=O) groups is 1. The summed E-state index contributed by atoms with van der Waals surface area (Å²) >= 11 is 0. The largest absolute Gasteiger partial charge is 0.326 e. The van der Waals surface area contributed by atoms with Crippen LogP contribution in [0.1, 0.15) is 18.9 Å². The van der Waals surface area contributed by atoms with Crippen molar-refractivity contribution >= 4 is 16.0 Å². The lowest BCUT2D eigenvalue weighted by molar-refractivity contribution is -0.118. The molecule has 0 aromatic heterocycles. The van der Waals surface area contributed by atoms with E-state index in [0.717, 1.165) is 11.6 Å². The zero-order valence-corrected chi connectivity index (χ0v) is 15.2. The maximum atomic E-state index is 12.0. The molecule has 0 spiro atoms. The average Bonchev–Trinajstić information content (AvgIpc) is 2.46. The molecule has 1 atom stereocenters. The van der Waals surface area contributed by atoms with Crippen molar-refractivity contribution < 1.29 is 17.4 Å². The molecule has 0 heterocycles. The van der Waals surface area contributed by atoms with Crippen LogP contribution in [0.25, 0.3) is 0 Å². The smallest absolute Gasteiger partial charge is 0.298 e. The Morgan fingerprint density at radius 2 is 1.78 bits per heavy atom. The number of rotatable bonds is 6. The van der Waals surface area contributed by atoms with E-state index in [4.69, 9.17) is 4.18 Å². The summed E-state index contributed by atoms with van der Waals surface area (Å²) in [4.78, 5) is 13.2. The third kappa shape index (κ3) is 9.12. The summed E-state index contributed by atoms with van der Waals surface area (Å²) in [6.07, 6.45) is 0.478. The highest BCUT2D eigenvalue weighted by molar-refractivity contribution is 7.86. The zero-order chi connectivity index (χ0) is 18.0. The minimum atomic E-state index is -3.89. The van der Waals surface area contributed by atoms with E-state index < -0.39 is 22.3 Å². The molecule has 0 saturated carbocycles. The van der Waals surface area contributed by atoms with E-state index in [1.54, 1.807) is 19.1 Å². The van der Waals surface area contributed by atoms with Gasteiger partial charge in [-0.05, 0) is 52.7 Å². The van der Waals surface area contributed by atoms with Gasteiger partial charge in [0, 0.05) is 0 Å². The molecule has 1 amide bonds. The van der Waals surface area contributed by atoms with Crippen LogP contribution >= 0.6 is 0 Å². The highest BCUT2D eigenvalue weighted by Gasteiger charge is 2.21. The van der Waals surface area contributed by atoms with Crippen molar-refractivity contribution in [1.82, 2.24) is 10.2 Å². The number of nitrogens with one attached hydrogen (secondary N) is 1. The molecule has 0 aliphatic heterocycles. The van der Waals surface area contributed by atoms with Crippen LogP contribution in [0.15, 0.2) is 41.8 Å². The second kappa shape index (κ2) is 10.1. The van der Waals surface area contributed by atoms with Gasteiger partial charge < -0.3 is 10.2 Å². The quantitative estimate of drug-likeness (QED) is 0.486. The minimum Gasteiger partial charge on any atom is -0.326 e. The fraction of sp³-hybridized carbons (Fsp3) is 0.438. The third-order valence-electron chi connectivity index (χ3n) is 2.41. The Hall–Kier alpha value is -1.70. The number of hydrogen-bond donors (Lipinski definition) is 1. The van der Waals surface area contributed by atoms with Crippen LogP contribution in [0.3, 0.4) is 0 Å². The lowest BCUT2D eigenvalue weighted by Gasteiger charge is -2.16. The van der Waals surface area contributed by atoms with E-state index in [0.29, 0.717) is 6.42 Å². The molecule has 7 heteroatoms.